The van der Waals surface area contributed by atoms with E-state index in [4.69, 9.17) is 9.47 Å². The zero-order valence-electron chi connectivity index (χ0n) is 13.5. The summed E-state index contributed by atoms with van der Waals surface area (Å²) in [6.07, 6.45) is -0.420. The molecule has 0 aromatic heterocycles. The Kier molecular flexibility index (Phi) is 5.35. The van der Waals surface area contributed by atoms with Crippen molar-refractivity contribution in [2.45, 2.75) is 39.2 Å². The Morgan fingerprint density at radius 1 is 1.14 bits per heavy atom. The zero-order chi connectivity index (χ0) is 16.2. The molecule has 5 heteroatoms. The van der Waals surface area contributed by atoms with Crippen LogP contribution in [0.15, 0.2) is 24.3 Å². The van der Waals surface area contributed by atoms with Crippen LogP contribution in [0.1, 0.15) is 39.2 Å². The lowest BCUT2D eigenvalue weighted by Crippen LogP contribution is -2.34. The molecule has 1 rings (SSSR count). The van der Waals surface area contributed by atoms with Crippen LogP contribution in [0.4, 0.5) is 10.5 Å². The minimum atomic E-state index is -0.537. The Labute approximate surface area is 125 Å². The number of carbonyl (C=O) groups is 2. The maximum atomic E-state index is 12.0. The normalized spacial score (nSPS) is 12.5. The minimum Gasteiger partial charge on any atom is -0.469 e. The van der Waals surface area contributed by atoms with Crippen molar-refractivity contribution in [3.8, 4) is 0 Å². The standard InChI is InChI=1S/C16H23NO4/c1-11(14(18)20-6)12-7-9-13(10-8-12)17(5)15(19)21-16(2,3)4/h7-11H,1-6H3/t11-/m1/s1. The monoisotopic (exact) mass is 293 g/mol. The number of esters is 1. The van der Waals surface area contributed by atoms with Crippen LogP contribution < -0.4 is 4.90 Å². The van der Waals surface area contributed by atoms with Gasteiger partial charge in [0.15, 0.2) is 0 Å². The number of carbonyl (C=O) groups excluding carboxylic acids is 2. The number of ether oxygens (including phenoxy) is 2. The first kappa shape index (κ1) is 17.0. The molecule has 0 aliphatic rings. The van der Waals surface area contributed by atoms with Crippen molar-refractivity contribution in [2.75, 3.05) is 19.1 Å². The van der Waals surface area contributed by atoms with Gasteiger partial charge in [0.2, 0.25) is 0 Å². The lowest BCUT2D eigenvalue weighted by Gasteiger charge is -2.24. The average molecular weight is 293 g/mol. The van der Waals surface area contributed by atoms with Crippen LogP contribution in [0.25, 0.3) is 0 Å². The first-order valence-electron chi connectivity index (χ1n) is 6.80. The molecule has 1 atom stereocenters. The summed E-state index contributed by atoms with van der Waals surface area (Å²) < 4.78 is 10.0. The molecule has 1 aromatic rings. The average Bonchev–Trinajstić information content (AvgIpc) is 2.43. The molecule has 116 valence electrons. The van der Waals surface area contributed by atoms with Gasteiger partial charge in [-0.2, -0.15) is 0 Å². The predicted molar refractivity (Wildman–Crippen MR) is 81.5 cm³/mol. The van der Waals surface area contributed by atoms with Crippen LogP contribution in [-0.4, -0.2) is 31.8 Å². The lowest BCUT2D eigenvalue weighted by molar-refractivity contribution is -0.141. The van der Waals surface area contributed by atoms with Gasteiger partial charge in [-0.3, -0.25) is 9.69 Å². The highest BCUT2D eigenvalue weighted by Crippen LogP contribution is 2.22. The summed E-state index contributed by atoms with van der Waals surface area (Å²) in [6, 6.07) is 7.16. The van der Waals surface area contributed by atoms with Gasteiger partial charge in [-0.05, 0) is 45.4 Å². The van der Waals surface area contributed by atoms with E-state index < -0.39 is 11.7 Å². The molecule has 0 heterocycles. The number of rotatable bonds is 3. The smallest absolute Gasteiger partial charge is 0.414 e. The molecule has 0 unspecified atom stereocenters. The SMILES string of the molecule is COC(=O)[C@H](C)c1ccc(N(C)C(=O)OC(C)(C)C)cc1. The van der Waals surface area contributed by atoms with Gasteiger partial charge in [-0.15, -0.1) is 0 Å². The largest absolute Gasteiger partial charge is 0.469 e. The molecule has 0 aliphatic heterocycles. The van der Waals surface area contributed by atoms with Crippen molar-refractivity contribution < 1.29 is 19.1 Å². The molecule has 0 spiro atoms. The number of hydrogen-bond acceptors (Lipinski definition) is 4. The molecular weight excluding hydrogens is 270 g/mol. The lowest BCUT2D eigenvalue weighted by atomic mass is 10.0. The molecular formula is C16H23NO4. The summed E-state index contributed by atoms with van der Waals surface area (Å²) in [5.74, 6) is -0.626. The number of amides is 1. The molecule has 0 radical (unpaired) electrons. The Hall–Kier alpha value is -2.04. The molecule has 5 nitrogen and oxygen atoms in total. The topological polar surface area (TPSA) is 55.8 Å². The summed E-state index contributed by atoms with van der Waals surface area (Å²) >= 11 is 0. The fourth-order valence-electron chi connectivity index (χ4n) is 1.74. The van der Waals surface area contributed by atoms with E-state index in [1.165, 1.54) is 12.0 Å². The summed E-state index contributed by atoms with van der Waals surface area (Å²) in [7, 11) is 3.01. The maximum Gasteiger partial charge on any atom is 0.414 e. The van der Waals surface area contributed by atoms with Crippen molar-refractivity contribution in [3.05, 3.63) is 29.8 Å². The van der Waals surface area contributed by atoms with Gasteiger partial charge < -0.3 is 9.47 Å². The maximum absolute atomic E-state index is 12.0. The summed E-state index contributed by atoms with van der Waals surface area (Å²) in [4.78, 5) is 24.9. The van der Waals surface area contributed by atoms with Crippen molar-refractivity contribution >= 4 is 17.7 Å². The number of benzene rings is 1. The molecule has 0 N–H and O–H groups in total. The number of nitrogens with zero attached hydrogens (tertiary/aromatic N) is 1. The minimum absolute atomic E-state index is 0.289. The Bertz CT molecular complexity index is 502. The molecule has 0 saturated carbocycles. The number of methoxy groups -OCH3 is 1. The van der Waals surface area contributed by atoms with Gasteiger partial charge in [0.25, 0.3) is 0 Å². The van der Waals surface area contributed by atoms with Gasteiger partial charge in [-0.1, -0.05) is 12.1 Å². The highest BCUT2D eigenvalue weighted by molar-refractivity contribution is 5.87. The van der Waals surface area contributed by atoms with Crippen molar-refractivity contribution in [1.82, 2.24) is 0 Å². The van der Waals surface area contributed by atoms with E-state index in [2.05, 4.69) is 0 Å². The van der Waals surface area contributed by atoms with Gasteiger partial charge in [0, 0.05) is 12.7 Å². The third-order valence-corrected chi connectivity index (χ3v) is 3.00. The van der Waals surface area contributed by atoms with E-state index in [1.54, 1.807) is 38.2 Å². The number of hydrogen-bond donors (Lipinski definition) is 0. The van der Waals surface area contributed by atoms with Crippen molar-refractivity contribution in [3.63, 3.8) is 0 Å². The highest BCUT2D eigenvalue weighted by atomic mass is 16.6. The molecule has 21 heavy (non-hydrogen) atoms. The number of anilines is 1. The summed E-state index contributed by atoms with van der Waals surface area (Å²) in [6.45, 7) is 7.23. The molecule has 1 aromatic carbocycles. The van der Waals surface area contributed by atoms with Crippen LogP contribution in [-0.2, 0) is 14.3 Å². The van der Waals surface area contributed by atoms with Crippen LogP contribution >= 0.6 is 0 Å². The fourth-order valence-corrected chi connectivity index (χ4v) is 1.74. The fraction of sp³-hybridized carbons (Fsp3) is 0.500. The molecule has 1 amide bonds. The molecule has 0 fully saturated rings. The third-order valence-electron chi connectivity index (χ3n) is 3.00. The molecule has 0 aliphatic carbocycles. The van der Waals surface area contributed by atoms with Gasteiger partial charge in [0.1, 0.15) is 5.60 Å². The quantitative estimate of drug-likeness (QED) is 0.802. The summed E-state index contributed by atoms with van der Waals surface area (Å²) in [5.41, 5.74) is 0.998. The first-order chi connectivity index (χ1) is 9.65. The van der Waals surface area contributed by atoms with Crippen molar-refractivity contribution in [2.24, 2.45) is 0 Å². The van der Waals surface area contributed by atoms with Gasteiger partial charge in [-0.25, -0.2) is 4.79 Å². The highest BCUT2D eigenvalue weighted by Gasteiger charge is 2.21. The van der Waals surface area contributed by atoms with E-state index >= 15 is 0 Å². The molecule has 0 saturated heterocycles. The Morgan fingerprint density at radius 2 is 1.67 bits per heavy atom. The second-order valence-corrected chi connectivity index (χ2v) is 5.88. The van der Waals surface area contributed by atoms with Crippen molar-refractivity contribution in [1.29, 1.82) is 0 Å². The first-order valence-corrected chi connectivity index (χ1v) is 6.80. The Morgan fingerprint density at radius 3 is 2.10 bits per heavy atom. The van der Waals surface area contributed by atoms with Crippen LogP contribution in [0.5, 0.6) is 0 Å². The molecule has 0 bridgehead atoms. The van der Waals surface area contributed by atoms with Gasteiger partial charge >= 0.3 is 12.1 Å². The van der Waals surface area contributed by atoms with E-state index in [0.29, 0.717) is 5.69 Å². The van der Waals surface area contributed by atoms with Crippen LogP contribution in [0.3, 0.4) is 0 Å². The van der Waals surface area contributed by atoms with Gasteiger partial charge in [0.05, 0.1) is 13.0 Å². The predicted octanol–water partition coefficient (Wildman–Crippen LogP) is 3.33. The second-order valence-electron chi connectivity index (χ2n) is 5.88. The van der Waals surface area contributed by atoms with E-state index in [1.807, 2.05) is 20.8 Å². The van der Waals surface area contributed by atoms with E-state index in [0.717, 1.165) is 5.56 Å². The third kappa shape index (κ3) is 4.77. The zero-order valence-corrected chi connectivity index (χ0v) is 13.5. The second kappa shape index (κ2) is 6.61. The van der Waals surface area contributed by atoms with E-state index in [9.17, 15) is 9.59 Å². The Balaban J connectivity index is 2.82. The summed E-state index contributed by atoms with van der Waals surface area (Å²) in [5, 5.41) is 0. The van der Waals surface area contributed by atoms with Crippen LogP contribution in [0, 0.1) is 0 Å². The van der Waals surface area contributed by atoms with Crippen LogP contribution in [0.2, 0.25) is 0 Å². The van der Waals surface area contributed by atoms with E-state index in [-0.39, 0.29) is 11.9 Å².